The molecule has 1 unspecified atom stereocenters. The maximum absolute atomic E-state index is 12.4. The van der Waals surface area contributed by atoms with Crippen molar-refractivity contribution in [1.29, 1.82) is 0 Å². The monoisotopic (exact) mass is 402 g/mol. The van der Waals surface area contributed by atoms with E-state index >= 15 is 0 Å². The Balaban J connectivity index is 1.17. The summed E-state index contributed by atoms with van der Waals surface area (Å²) in [6.45, 7) is 4.48. The molecule has 1 heterocycles. The lowest BCUT2D eigenvalue weighted by molar-refractivity contribution is -0.120. The summed E-state index contributed by atoms with van der Waals surface area (Å²) in [7, 11) is 0. The van der Waals surface area contributed by atoms with Gasteiger partial charge < -0.3 is 10.1 Å². The summed E-state index contributed by atoms with van der Waals surface area (Å²) >= 11 is 0. The molecule has 4 heteroatoms. The number of morpholine rings is 1. The van der Waals surface area contributed by atoms with Crippen molar-refractivity contribution in [3.05, 3.63) is 83.9 Å². The van der Waals surface area contributed by atoms with Gasteiger partial charge >= 0.3 is 0 Å². The van der Waals surface area contributed by atoms with Gasteiger partial charge in [-0.05, 0) is 41.3 Å². The number of nitrogens with one attached hydrogen (secondary N) is 1. The maximum atomic E-state index is 12.4. The van der Waals surface area contributed by atoms with E-state index in [0.29, 0.717) is 6.42 Å². The molecule has 0 spiro atoms. The van der Waals surface area contributed by atoms with E-state index in [-0.39, 0.29) is 12.0 Å². The van der Waals surface area contributed by atoms with E-state index in [2.05, 4.69) is 52.7 Å². The van der Waals surface area contributed by atoms with Crippen LogP contribution in [0.5, 0.6) is 0 Å². The van der Waals surface area contributed by atoms with Gasteiger partial charge in [-0.25, -0.2) is 0 Å². The average molecular weight is 403 g/mol. The van der Waals surface area contributed by atoms with E-state index in [4.69, 9.17) is 4.74 Å². The molecule has 1 amide bonds. The molecular formula is C26H30N2O2. The van der Waals surface area contributed by atoms with Crippen molar-refractivity contribution in [2.24, 2.45) is 0 Å². The number of amides is 1. The van der Waals surface area contributed by atoms with Gasteiger partial charge in [-0.1, -0.05) is 72.8 Å². The molecule has 1 aliphatic heterocycles. The van der Waals surface area contributed by atoms with Gasteiger partial charge in [-0.15, -0.1) is 0 Å². The number of nitrogens with zero attached hydrogens (tertiary/aromatic N) is 1. The fourth-order valence-electron chi connectivity index (χ4n) is 4.15. The second-order valence-corrected chi connectivity index (χ2v) is 7.94. The molecule has 3 aromatic carbocycles. The first kappa shape index (κ1) is 20.6. The van der Waals surface area contributed by atoms with Crippen LogP contribution in [0.15, 0.2) is 72.8 Å². The van der Waals surface area contributed by atoms with Crippen LogP contribution in [0, 0.1) is 0 Å². The van der Waals surface area contributed by atoms with E-state index in [0.717, 1.165) is 56.6 Å². The highest BCUT2D eigenvalue weighted by Gasteiger charge is 2.21. The first-order chi connectivity index (χ1) is 14.8. The van der Waals surface area contributed by atoms with Gasteiger partial charge in [0, 0.05) is 19.6 Å². The van der Waals surface area contributed by atoms with Gasteiger partial charge in [0.2, 0.25) is 5.91 Å². The Morgan fingerprint density at radius 1 is 0.967 bits per heavy atom. The van der Waals surface area contributed by atoms with Crippen LogP contribution in [0.3, 0.4) is 0 Å². The summed E-state index contributed by atoms with van der Waals surface area (Å²) in [4.78, 5) is 14.9. The van der Waals surface area contributed by atoms with Gasteiger partial charge in [0.25, 0.3) is 0 Å². The van der Waals surface area contributed by atoms with Crippen LogP contribution in [0.25, 0.3) is 10.8 Å². The largest absolute Gasteiger partial charge is 0.371 e. The number of hydrogen-bond donors (Lipinski definition) is 1. The lowest BCUT2D eigenvalue weighted by atomic mass is 10.0. The summed E-state index contributed by atoms with van der Waals surface area (Å²) in [5.41, 5.74) is 2.34. The molecule has 1 aliphatic rings. The summed E-state index contributed by atoms with van der Waals surface area (Å²) in [5.74, 6) is 0.0990. The Hall–Kier alpha value is -2.69. The lowest BCUT2D eigenvalue weighted by Gasteiger charge is -2.33. The number of carbonyl (C=O) groups excluding carboxylic acids is 1. The lowest BCUT2D eigenvalue weighted by Crippen LogP contribution is -2.39. The SMILES string of the molecule is O=C(Cc1cccc2ccccc12)NCCCCN1CCOC(c2ccccc2)C1. The van der Waals surface area contributed by atoms with Gasteiger partial charge in [-0.2, -0.15) is 0 Å². The average Bonchev–Trinajstić information content (AvgIpc) is 2.80. The molecule has 4 nitrogen and oxygen atoms in total. The Kier molecular flexibility index (Phi) is 7.11. The highest BCUT2D eigenvalue weighted by molar-refractivity contribution is 5.90. The Bertz CT molecular complexity index is 952. The highest BCUT2D eigenvalue weighted by Crippen LogP contribution is 2.22. The van der Waals surface area contributed by atoms with Gasteiger partial charge in [0.05, 0.1) is 19.1 Å². The van der Waals surface area contributed by atoms with Crippen molar-refractivity contribution in [2.45, 2.75) is 25.4 Å². The normalized spacial score (nSPS) is 17.1. The maximum Gasteiger partial charge on any atom is 0.224 e. The van der Waals surface area contributed by atoms with Gasteiger partial charge in [0.1, 0.15) is 0 Å². The number of hydrogen-bond acceptors (Lipinski definition) is 3. The summed E-state index contributed by atoms with van der Waals surface area (Å²) in [6, 6.07) is 24.8. The van der Waals surface area contributed by atoms with Crippen LogP contribution < -0.4 is 5.32 Å². The van der Waals surface area contributed by atoms with Crippen molar-refractivity contribution in [3.63, 3.8) is 0 Å². The van der Waals surface area contributed by atoms with Crippen molar-refractivity contribution < 1.29 is 9.53 Å². The first-order valence-electron chi connectivity index (χ1n) is 10.9. The fraction of sp³-hybridized carbons (Fsp3) is 0.346. The van der Waals surface area contributed by atoms with E-state index in [9.17, 15) is 4.79 Å². The van der Waals surface area contributed by atoms with E-state index < -0.39 is 0 Å². The minimum Gasteiger partial charge on any atom is -0.371 e. The molecule has 30 heavy (non-hydrogen) atoms. The predicted octanol–water partition coefficient (Wildman–Crippen LogP) is 4.35. The molecule has 3 aromatic rings. The number of unbranched alkanes of at least 4 members (excludes halogenated alkanes) is 1. The molecule has 0 aromatic heterocycles. The van der Waals surface area contributed by atoms with Gasteiger partial charge in [-0.3, -0.25) is 9.69 Å². The smallest absolute Gasteiger partial charge is 0.224 e. The Labute approximate surface area is 178 Å². The van der Waals surface area contributed by atoms with Crippen LogP contribution in [0.4, 0.5) is 0 Å². The first-order valence-corrected chi connectivity index (χ1v) is 10.9. The zero-order valence-corrected chi connectivity index (χ0v) is 17.4. The zero-order chi connectivity index (χ0) is 20.6. The van der Waals surface area contributed by atoms with Crippen LogP contribution in [0.2, 0.25) is 0 Å². The molecule has 0 saturated carbocycles. The molecule has 4 rings (SSSR count). The number of ether oxygens (including phenoxy) is 1. The van der Waals surface area contributed by atoms with Crippen molar-refractivity contribution in [1.82, 2.24) is 10.2 Å². The molecular weight excluding hydrogens is 372 g/mol. The van der Waals surface area contributed by atoms with Crippen LogP contribution in [0.1, 0.15) is 30.1 Å². The topological polar surface area (TPSA) is 41.6 Å². The predicted molar refractivity (Wildman–Crippen MR) is 121 cm³/mol. The third-order valence-corrected chi connectivity index (χ3v) is 5.78. The van der Waals surface area contributed by atoms with E-state index in [1.54, 1.807) is 0 Å². The number of benzene rings is 3. The standard InChI is InChI=1S/C26H30N2O2/c29-26(19-23-13-8-12-21-9-4-5-14-24(21)23)27-15-6-7-16-28-17-18-30-25(20-28)22-10-2-1-3-11-22/h1-5,8-14,25H,6-7,15-20H2,(H,27,29). The van der Waals surface area contributed by atoms with Crippen molar-refractivity contribution in [3.8, 4) is 0 Å². The molecule has 1 fully saturated rings. The molecule has 0 aliphatic carbocycles. The summed E-state index contributed by atoms with van der Waals surface area (Å²) in [5, 5.41) is 5.43. The molecule has 0 radical (unpaired) electrons. The zero-order valence-electron chi connectivity index (χ0n) is 17.4. The molecule has 0 bridgehead atoms. The van der Waals surface area contributed by atoms with Crippen molar-refractivity contribution in [2.75, 3.05) is 32.8 Å². The number of rotatable bonds is 8. The van der Waals surface area contributed by atoms with E-state index in [1.807, 2.05) is 30.3 Å². The molecule has 156 valence electrons. The molecule has 1 atom stereocenters. The quantitative estimate of drug-likeness (QED) is 0.570. The Morgan fingerprint density at radius 2 is 1.77 bits per heavy atom. The second-order valence-electron chi connectivity index (χ2n) is 7.94. The third kappa shape index (κ3) is 5.47. The molecule has 1 saturated heterocycles. The molecule has 1 N–H and O–H groups in total. The Morgan fingerprint density at radius 3 is 2.67 bits per heavy atom. The summed E-state index contributed by atoms with van der Waals surface area (Å²) in [6.07, 6.45) is 2.68. The number of carbonyl (C=O) groups is 1. The van der Waals surface area contributed by atoms with Gasteiger partial charge in [0.15, 0.2) is 0 Å². The summed E-state index contributed by atoms with van der Waals surface area (Å²) < 4.78 is 5.94. The number of fused-ring (bicyclic) bond motifs is 1. The second kappa shape index (κ2) is 10.4. The highest BCUT2D eigenvalue weighted by atomic mass is 16.5. The minimum atomic E-state index is 0.0990. The van der Waals surface area contributed by atoms with Crippen molar-refractivity contribution >= 4 is 16.7 Å². The van der Waals surface area contributed by atoms with E-state index in [1.165, 1.54) is 10.9 Å². The van der Waals surface area contributed by atoms with Crippen LogP contribution >= 0.6 is 0 Å². The fourth-order valence-corrected chi connectivity index (χ4v) is 4.15. The third-order valence-electron chi connectivity index (χ3n) is 5.78. The minimum absolute atomic E-state index is 0.0990. The van der Waals surface area contributed by atoms with Crippen LogP contribution in [-0.2, 0) is 16.0 Å². The van der Waals surface area contributed by atoms with Crippen LogP contribution in [-0.4, -0.2) is 43.6 Å².